The molecule has 154 valence electrons. The van der Waals surface area contributed by atoms with E-state index in [9.17, 15) is 9.59 Å². The SMILES string of the molecule is COc1ccc(CNC(=O)C2CCN(C(=O)c3ccc(Br)cc3)CC2)c(OC)c1. The second-order valence-electron chi connectivity index (χ2n) is 6.97. The maximum atomic E-state index is 12.6. The molecule has 0 spiro atoms. The van der Waals surface area contributed by atoms with E-state index in [0.29, 0.717) is 49.5 Å². The van der Waals surface area contributed by atoms with Crippen molar-refractivity contribution < 1.29 is 19.1 Å². The number of nitrogens with zero attached hydrogens (tertiary/aromatic N) is 1. The molecule has 0 saturated carbocycles. The maximum Gasteiger partial charge on any atom is 0.253 e. The summed E-state index contributed by atoms with van der Waals surface area (Å²) in [5, 5.41) is 2.99. The van der Waals surface area contributed by atoms with Gasteiger partial charge in [-0.05, 0) is 49.2 Å². The third-order valence-corrected chi connectivity index (χ3v) is 5.72. The summed E-state index contributed by atoms with van der Waals surface area (Å²) in [6.07, 6.45) is 1.32. The van der Waals surface area contributed by atoms with Crippen LogP contribution in [0, 0.1) is 5.92 Å². The van der Waals surface area contributed by atoms with E-state index < -0.39 is 0 Å². The normalized spacial score (nSPS) is 14.4. The van der Waals surface area contributed by atoms with Crippen molar-refractivity contribution in [1.29, 1.82) is 0 Å². The predicted molar refractivity (Wildman–Crippen MR) is 114 cm³/mol. The molecule has 0 aliphatic carbocycles. The molecule has 0 unspecified atom stereocenters. The zero-order valence-corrected chi connectivity index (χ0v) is 18.2. The molecule has 6 nitrogen and oxygen atoms in total. The van der Waals surface area contributed by atoms with Crippen LogP contribution in [0.5, 0.6) is 11.5 Å². The molecule has 3 rings (SSSR count). The summed E-state index contributed by atoms with van der Waals surface area (Å²) in [7, 11) is 3.20. The third-order valence-electron chi connectivity index (χ3n) is 5.19. The third kappa shape index (κ3) is 5.29. The Labute approximate surface area is 179 Å². The van der Waals surface area contributed by atoms with E-state index in [2.05, 4.69) is 21.2 Å². The molecule has 2 aromatic rings. The van der Waals surface area contributed by atoms with Crippen LogP contribution in [-0.2, 0) is 11.3 Å². The number of likely N-dealkylation sites (tertiary alicyclic amines) is 1. The molecule has 1 aliphatic rings. The molecule has 2 amide bonds. The van der Waals surface area contributed by atoms with E-state index >= 15 is 0 Å². The summed E-state index contributed by atoms with van der Waals surface area (Å²) in [4.78, 5) is 27.0. The van der Waals surface area contributed by atoms with E-state index in [1.54, 1.807) is 20.3 Å². The van der Waals surface area contributed by atoms with Gasteiger partial charge in [0.15, 0.2) is 0 Å². The van der Waals surface area contributed by atoms with Gasteiger partial charge in [0, 0.05) is 47.2 Å². The molecule has 1 fully saturated rings. The number of amides is 2. The first kappa shape index (κ1) is 21.2. The Morgan fingerprint density at radius 2 is 1.76 bits per heavy atom. The summed E-state index contributed by atoms with van der Waals surface area (Å²) in [5.41, 5.74) is 1.56. The second kappa shape index (κ2) is 9.78. The molecule has 2 aromatic carbocycles. The Balaban J connectivity index is 1.51. The summed E-state index contributed by atoms with van der Waals surface area (Å²) in [6, 6.07) is 12.9. The Morgan fingerprint density at radius 3 is 2.38 bits per heavy atom. The minimum absolute atomic E-state index is 0.0126. The number of piperidine rings is 1. The number of carbonyl (C=O) groups excluding carboxylic acids is 2. The summed E-state index contributed by atoms with van der Waals surface area (Å²) >= 11 is 3.38. The van der Waals surface area contributed by atoms with Gasteiger partial charge in [-0.2, -0.15) is 0 Å². The highest BCUT2D eigenvalue weighted by Crippen LogP contribution is 2.25. The average molecular weight is 461 g/mol. The van der Waals surface area contributed by atoms with Crippen LogP contribution >= 0.6 is 15.9 Å². The standard InChI is InChI=1S/C22H25BrN2O4/c1-28-19-8-5-17(20(13-19)29-2)14-24-21(26)15-9-11-25(12-10-15)22(27)16-3-6-18(23)7-4-16/h3-8,13,15H,9-12,14H2,1-2H3,(H,24,26). The molecular formula is C22H25BrN2O4. The van der Waals surface area contributed by atoms with Crippen molar-refractivity contribution in [2.75, 3.05) is 27.3 Å². The van der Waals surface area contributed by atoms with Crippen LogP contribution in [0.3, 0.4) is 0 Å². The molecule has 29 heavy (non-hydrogen) atoms. The molecule has 0 bridgehead atoms. The lowest BCUT2D eigenvalue weighted by Gasteiger charge is -2.31. The van der Waals surface area contributed by atoms with E-state index in [1.165, 1.54) is 0 Å². The van der Waals surface area contributed by atoms with Crippen molar-refractivity contribution in [3.05, 3.63) is 58.1 Å². The topological polar surface area (TPSA) is 67.9 Å². The van der Waals surface area contributed by atoms with Crippen molar-refractivity contribution in [2.45, 2.75) is 19.4 Å². The number of carbonyl (C=O) groups is 2. The molecule has 7 heteroatoms. The fourth-order valence-electron chi connectivity index (χ4n) is 3.44. The first-order chi connectivity index (χ1) is 14.0. The van der Waals surface area contributed by atoms with Gasteiger partial charge in [-0.3, -0.25) is 9.59 Å². The highest BCUT2D eigenvalue weighted by molar-refractivity contribution is 9.10. The molecule has 1 aliphatic heterocycles. The second-order valence-corrected chi connectivity index (χ2v) is 7.88. The minimum atomic E-state index is -0.0896. The molecule has 0 atom stereocenters. The summed E-state index contributed by atoms with van der Waals surface area (Å²) in [5.74, 6) is 1.32. The van der Waals surface area contributed by atoms with Gasteiger partial charge < -0.3 is 19.7 Å². The quantitative estimate of drug-likeness (QED) is 0.714. The monoisotopic (exact) mass is 460 g/mol. The zero-order chi connectivity index (χ0) is 20.8. The van der Waals surface area contributed by atoms with Crippen LogP contribution in [0.25, 0.3) is 0 Å². The first-order valence-corrected chi connectivity index (χ1v) is 10.3. The van der Waals surface area contributed by atoms with Gasteiger partial charge in [-0.25, -0.2) is 0 Å². The fraction of sp³-hybridized carbons (Fsp3) is 0.364. The lowest BCUT2D eigenvalue weighted by Crippen LogP contribution is -2.42. The van der Waals surface area contributed by atoms with Crippen LogP contribution in [0.4, 0.5) is 0 Å². The van der Waals surface area contributed by atoms with Crippen LogP contribution in [0.1, 0.15) is 28.8 Å². The number of hydrogen-bond donors (Lipinski definition) is 1. The number of halogens is 1. The lowest BCUT2D eigenvalue weighted by molar-refractivity contribution is -0.126. The Bertz CT molecular complexity index is 862. The number of rotatable bonds is 6. The smallest absolute Gasteiger partial charge is 0.253 e. The summed E-state index contributed by atoms with van der Waals surface area (Å²) in [6.45, 7) is 1.56. The van der Waals surface area contributed by atoms with Gasteiger partial charge in [-0.15, -0.1) is 0 Å². The van der Waals surface area contributed by atoms with Crippen molar-refractivity contribution in [3.63, 3.8) is 0 Å². The van der Waals surface area contributed by atoms with Gasteiger partial charge >= 0.3 is 0 Å². The molecule has 1 saturated heterocycles. The van der Waals surface area contributed by atoms with Crippen molar-refractivity contribution in [2.24, 2.45) is 5.92 Å². The number of methoxy groups -OCH3 is 2. The van der Waals surface area contributed by atoms with Gasteiger partial charge in [0.25, 0.3) is 5.91 Å². The van der Waals surface area contributed by atoms with Crippen LogP contribution in [0.15, 0.2) is 46.9 Å². The van der Waals surface area contributed by atoms with E-state index in [-0.39, 0.29) is 17.7 Å². The van der Waals surface area contributed by atoms with Gasteiger partial charge in [0.1, 0.15) is 11.5 Å². The van der Waals surface area contributed by atoms with Crippen LogP contribution in [-0.4, -0.2) is 44.0 Å². The zero-order valence-electron chi connectivity index (χ0n) is 16.6. The lowest BCUT2D eigenvalue weighted by atomic mass is 9.95. The predicted octanol–water partition coefficient (Wildman–Crippen LogP) is 3.63. The summed E-state index contributed by atoms with van der Waals surface area (Å²) < 4.78 is 11.5. The van der Waals surface area contributed by atoms with Crippen molar-refractivity contribution in [3.8, 4) is 11.5 Å². The average Bonchev–Trinajstić information content (AvgIpc) is 2.77. The fourth-order valence-corrected chi connectivity index (χ4v) is 3.71. The highest BCUT2D eigenvalue weighted by atomic mass is 79.9. The molecule has 1 N–H and O–H groups in total. The number of nitrogens with one attached hydrogen (secondary N) is 1. The minimum Gasteiger partial charge on any atom is -0.497 e. The first-order valence-electron chi connectivity index (χ1n) is 9.55. The van der Waals surface area contributed by atoms with Crippen LogP contribution < -0.4 is 14.8 Å². The van der Waals surface area contributed by atoms with E-state index in [4.69, 9.17) is 9.47 Å². The molecular weight excluding hydrogens is 436 g/mol. The molecule has 0 radical (unpaired) electrons. The Morgan fingerprint density at radius 1 is 1.07 bits per heavy atom. The number of benzene rings is 2. The van der Waals surface area contributed by atoms with Gasteiger partial charge in [0.05, 0.1) is 14.2 Å². The number of ether oxygens (including phenoxy) is 2. The van der Waals surface area contributed by atoms with Crippen molar-refractivity contribution >= 4 is 27.7 Å². The molecule has 0 aromatic heterocycles. The maximum absolute atomic E-state index is 12.6. The van der Waals surface area contributed by atoms with Gasteiger partial charge in [0.2, 0.25) is 5.91 Å². The van der Waals surface area contributed by atoms with E-state index in [0.717, 1.165) is 10.0 Å². The Kier molecular flexibility index (Phi) is 7.14. The largest absolute Gasteiger partial charge is 0.497 e. The van der Waals surface area contributed by atoms with Crippen molar-refractivity contribution in [1.82, 2.24) is 10.2 Å². The Hall–Kier alpha value is -2.54. The van der Waals surface area contributed by atoms with Crippen LogP contribution in [0.2, 0.25) is 0 Å². The highest BCUT2D eigenvalue weighted by Gasteiger charge is 2.27. The number of hydrogen-bond acceptors (Lipinski definition) is 4. The molecule has 1 heterocycles. The van der Waals surface area contributed by atoms with E-state index in [1.807, 2.05) is 41.3 Å². The van der Waals surface area contributed by atoms with Gasteiger partial charge in [-0.1, -0.05) is 15.9 Å².